The molecule has 20 heavy (non-hydrogen) atoms. The number of nitrogens with one attached hydrogen (secondary N) is 2. The molecule has 0 aliphatic heterocycles. The highest BCUT2D eigenvalue weighted by molar-refractivity contribution is 5.74. The van der Waals surface area contributed by atoms with Crippen LogP contribution >= 0.6 is 0 Å². The average molecular weight is 277 g/mol. The Morgan fingerprint density at radius 3 is 2.85 bits per heavy atom. The van der Waals surface area contributed by atoms with Gasteiger partial charge < -0.3 is 15.2 Å². The molecule has 0 spiro atoms. The first kappa shape index (κ1) is 14.0. The molecule has 0 saturated heterocycles. The monoisotopic (exact) mass is 277 g/mol. The predicted molar refractivity (Wildman–Crippen MR) is 72.9 cm³/mol. The molecule has 2 N–H and O–H groups in total. The fourth-order valence-electron chi connectivity index (χ4n) is 1.92. The largest absolute Gasteiger partial charge is 0.338 e. The molecule has 2 aromatic heterocycles. The third kappa shape index (κ3) is 3.56. The van der Waals surface area contributed by atoms with Gasteiger partial charge in [-0.15, -0.1) is 10.2 Å². The number of hydrogen-bond donors (Lipinski definition) is 2. The molecule has 0 aliphatic rings. The van der Waals surface area contributed by atoms with Crippen LogP contribution < -0.4 is 10.6 Å². The summed E-state index contributed by atoms with van der Waals surface area (Å²) in [6.07, 6.45) is 6.08. The van der Waals surface area contributed by atoms with Crippen LogP contribution in [0.3, 0.4) is 0 Å². The van der Waals surface area contributed by atoms with E-state index in [9.17, 15) is 4.79 Å². The summed E-state index contributed by atoms with van der Waals surface area (Å²) in [5.41, 5.74) is 1.09. The quantitative estimate of drug-likeness (QED) is 0.814. The van der Waals surface area contributed by atoms with Gasteiger partial charge in [0.1, 0.15) is 6.33 Å². The van der Waals surface area contributed by atoms with E-state index >= 15 is 0 Å². The first-order valence-corrected chi connectivity index (χ1v) is 6.42. The maximum absolute atomic E-state index is 11.8. The van der Waals surface area contributed by atoms with Gasteiger partial charge in [0.15, 0.2) is 5.82 Å². The van der Waals surface area contributed by atoms with Crippen molar-refractivity contribution in [3.63, 3.8) is 0 Å². The summed E-state index contributed by atoms with van der Waals surface area (Å²) >= 11 is 0. The molecule has 0 fully saturated rings. The molecule has 2 rings (SSSR count). The van der Waals surface area contributed by atoms with Crippen LogP contribution in [0.1, 0.15) is 24.4 Å². The number of carbonyl (C=O) groups is 1. The molecule has 0 aliphatic carbocycles. The lowest BCUT2D eigenvalue weighted by Gasteiger charge is -2.13. The van der Waals surface area contributed by atoms with Crippen LogP contribution in [0.2, 0.25) is 0 Å². The van der Waals surface area contributed by atoms with E-state index in [1.807, 2.05) is 27.2 Å². The molecule has 2 aromatic rings. The highest BCUT2D eigenvalue weighted by Crippen LogP contribution is 2.06. The van der Waals surface area contributed by atoms with Crippen molar-refractivity contribution in [2.45, 2.75) is 19.4 Å². The van der Waals surface area contributed by atoms with Gasteiger partial charge in [0.25, 0.3) is 0 Å². The first-order valence-electron chi connectivity index (χ1n) is 6.42. The molecular formula is C12H19N7O. The van der Waals surface area contributed by atoms with Gasteiger partial charge in [-0.3, -0.25) is 4.68 Å². The van der Waals surface area contributed by atoms with Gasteiger partial charge in [0.05, 0.1) is 12.2 Å². The van der Waals surface area contributed by atoms with Gasteiger partial charge in [0, 0.05) is 26.8 Å². The molecule has 1 atom stereocenters. The lowest BCUT2D eigenvalue weighted by Crippen LogP contribution is -2.38. The van der Waals surface area contributed by atoms with E-state index in [-0.39, 0.29) is 12.1 Å². The minimum atomic E-state index is -0.218. The maximum atomic E-state index is 11.8. The second-order valence-electron chi connectivity index (χ2n) is 4.69. The number of urea groups is 1. The Morgan fingerprint density at radius 2 is 2.25 bits per heavy atom. The molecular weight excluding hydrogens is 258 g/mol. The number of amides is 2. The van der Waals surface area contributed by atoms with Gasteiger partial charge >= 0.3 is 6.03 Å². The summed E-state index contributed by atoms with van der Waals surface area (Å²) in [5.74, 6) is 0.715. The van der Waals surface area contributed by atoms with Crippen molar-refractivity contribution in [3.8, 4) is 0 Å². The molecule has 2 amide bonds. The molecule has 8 heteroatoms. The Kier molecular flexibility index (Phi) is 4.34. The average Bonchev–Trinajstić information content (AvgIpc) is 2.98. The number of aromatic nitrogens is 5. The van der Waals surface area contributed by atoms with Crippen LogP contribution in [-0.4, -0.2) is 37.1 Å². The Morgan fingerprint density at radius 1 is 1.45 bits per heavy atom. The Bertz CT molecular complexity index is 574. The van der Waals surface area contributed by atoms with Crippen LogP contribution in [0.15, 0.2) is 18.7 Å². The zero-order valence-electron chi connectivity index (χ0n) is 11.9. The Hall–Kier alpha value is -2.38. The zero-order chi connectivity index (χ0) is 14.5. The van der Waals surface area contributed by atoms with Crippen molar-refractivity contribution >= 4 is 6.03 Å². The van der Waals surface area contributed by atoms with Crippen molar-refractivity contribution in [3.05, 3.63) is 30.1 Å². The highest BCUT2D eigenvalue weighted by Gasteiger charge is 2.13. The van der Waals surface area contributed by atoms with Crippen LogP contribution in [0.4, 0.5) is 4.79 Å². The molecule has 108 valence electrons. The van der Waals surface area contributed by atoms with E-state index in [0.717, 1.165) is 12.0 Å². The highest BCUT2D eigenvalue weighted by atomic mass is 16.2. The smallest absolute Gasteiger partial charge is 0.315 e. The van der Waals surface area contributed by atoms with E-state index in [1.54, 1.807) is 21.8 Å². The van der Waals surface area contributed by atoms with E-state index in [0.29, 0.717) is 12.4 Å². The van der Waals surface area contributed by atoms with E-state index in [1.165, 1.54) is 0 Å². The van der Waals surface area contributed by atoms with Gasteiger partial charge in [-0.25, -0.2) is 4.79 Å². The van der Waals surface area contributed by atoms with Crippen molar-refractivity contribution in [2.24, 2.45) is 14.1 Å². The number of rotatable bonds is 5. The maximum Gasteiger partial charge on any atom is 0.315 e. The number of aryl methyl sites for hydroxylation is 2. The molecule has 0 saturated carbocycles. The number of nitrogens with zero attached hydrogens (tertiary/aromatic N) is 5. The van der Waals surface area contributed by atoms with Gasteiger partial charge in [-0.1, -0.05) is 0 Å². The van der Waals surface area contributed by atoms with Crippen molar-refractivity contribution in [1.29, 1.82) is 0 Å². The summed E-state index contributed by atoms with van der Waals surface area (Å²) in [7, 11) is 3.71. The summed E-state index contributed by atoms with van der Waals surface area (Å²) in [4.78, 5) is 11.8. The van der Waals surface area contributed by atoms with Crippen LogP contribution in [0.25, 0.3) is 0 Å². The number of carbonyl (C=O) groups excluding carboxylic acids is 1. The van der Waals surface area contributed by atoms with Crippen molar-refractivity contribution < 1.29 is 4.79 Å². The topological polar surface area (TPSA) is 89.7 Å². The minimum Gasteiger partial charge on any atom is -0.338 e. The lowest BCUT2D eigenvalue weighted by molar-refractivity contribution is 0.237. The van der Waals surface area contributed by atoms with Gasteiger partial charge in [-0.2, -0.15) is 5.10 Å². The second-order valence-corrected chi connectivity index (χ2v) is 4.69. The predicted octanol–water partition coefficient (Wildman–Crippen LogP) is 0.151. The zero-order valence-corrected chi connectivity index (χ0v) is 11.9. The molecule has 0 radical (unpaired) electrons. The summed E-state index contributed by atoms with van der Waals surface area (Å²) < 4.78 is 3.52. The van der Waals surface area contributed by atoms with Crippen LogP contribution in [0, 0.1) is 0 Å². The third-order valence-corrected chi connectivity index (χ3v) is 2.94. The summed E-state index contributed by atoms with van der Waals surface area (Å²) in [5, 5.41) is 17.5. The Balaban J connectivity index is 1.74. The minimum absolute atomic E-state index is 0.194. The van der Waals surface area contributed by atoms with E-state index in [2.05, 4.69) is 25.9 Å². The standard InChI is InChI=1S/C12H19N7O/c1-9(11-17-14-8-18(11)2)16-12(20)13-5-4-10-6-15-19(3)7-10/h6-9H,4-5H2,1-3H3,(H2,13,16,20)/t9-/m1/s1. The van der Waals surface area contributed by atoms with Gasteiger partial charge in [0.2, 0.25) is 0 Å². The summed E-state index contributed by atoms with van der Waals surface area (Å²) in [6, 6.07) is -0.412. The summed E-state index contributed by atoms with van der Waals surface area (Å²) in [6.45, 7) is 2.42. The number of hydrogen-bond acceptors (Lipinski definition) is 4. The molecule has 2 heterocycles. The van der Waals surface area contributed by atoms with Crippen molar-refractivity contribution in [2.75, 3.05) is 6.54 Å². The second kappa shape index (κ2) is 6.18. The lowest BCUT2D eigenvalue weighted by atomic mass is 10.2. The third-order valence-electron chi connectivity index (χ3n) is 2.94. The first-order chi connectivity index (χ1) is 9.56. The molecule has 0 bridgehead atoms. The molecule has 0 aromatic carbocycles. The van der Waals surface area contributed by atoms with Gasteiger partial charge in [-0.05, 0) is 18.9 Å². The van der Waals surface area contributed by atoms with Crippen LogP contribution in [0.5, 0.6) is 0 Å². The fraction of sp³-hybridized carbons (Fsp3) is 0.500. The SMILES string of the molecule is C[C@@H](NC(=O)NCCc1cnn(C)c1)c1nncn1C. The van der Waals surface area contributed by atoms with Crippen molar-refractivity contribution in [1.82, 2.24) is 35.2 Å². The fourth-order valence-corrected chi connectivity index (χ4v) is 1.92. The Labute approximate surface area is 117 Å². The van der Waals surface area contributed by atoms with Crippen LogP contribution in [-0.2, 0) is 20.5 Å². The molecule has 0 unspecified atom stereocenters. The van der Waals surface area contributed by atoms with E-state index in [4.69, 9.17) is 0 Å². The normalized spacial score (nSPS) is 12.2. The molecule has 8 nitrogen and oxygen atoms in total. The van der Waals surface area contributed by atoms with E-state index < -0.39 is 0 Å².